The molecule has 0 saturated heterocycles. The first kappa shape index (κ1) is 18.8. The van der Waals surface area contributed by atoms with Gasteiger partial charge in [0, 0.05) is 17.1 Å². The fraction of sp³-hybridized carbons (Fsp3) is 0.143. The van der Waals surface area contributed by atoms with Crippen LogP contribution in [0, 0.1) is 18.3 Å². The molecule has 2 aromatic carbocycles. The number of carbonyl (C=O) groups excluding carboxylic acids is 1. The van der Waals surface area contributed by atoms with E-state index in [1.165, 1.54) is 11.8 Å². The van der Waals surface area contributed by atoms with E-state index in [0.717, 1.165) is 27.9 Å². The number of thioether (sulfide) groups is 1. The highest BCUT2D eigenvalue weighted by molar-refractivity contribution is 7.99. The van der Waals surface area contributed by atoms with Gasteiger partial charge in [0.25, 0.3) is 0 Å². The SMILES string of the molecule is COc1ccc2c(C)cc3nnc(SCC(=O)Nc4ccc(C#N)cc4)n3c2c1. The number of amides is 1. The van der Waals surface area contributed by atoms with Crippen LogP contribution in [-0.2, 0) is 4.79 Å². The number of pyridine rings is 1. The Balaban J connectivity index is 1.58. The first-order valence-electron chi connectivity index (χ1n) is 8.84. The van der Waals surface area contributed by atoms with E-state index in [4.69, 9.17) is 10.00 Å². The summed E-state index contributed by atoms with van der Waals surface area (Å²) in [4.78, 5) is 12.3. The molecule has 1 amide bonds. The maximum absolute atomic E-state index is 12.3. The molecule has 2 heterocycles. The van der Waals surface area contributed by atoms with Crippen LogP contribution in [-0.4, -0.2) is 33.4 Å². The molecule has 1 N–H and O–H groups in total. The second-order valence-corrected chi connectivity index (χ2v) is 7.36. The lowest BCUT2D eigenvalue weighted by Crippen LogP contribution is -2.14. The van der Waals surface area contributed by atoms with Gasteiger partial charge >= 0.3 is 0 Å². The van der Waals surface area contributed by atoms with Crippen molar-refractivity contribution in [2.45, 2.75) is 12.1 Å². The number of carbonyl (C=O) groups is 1. The van der Waals surface area contributed by atoms with E-state index in [2.05, 4.69) is 21.6 Å². The highest BCUT2D eigenvalue weighted by Gasteiger charge is 2.14. The van der Waals surface area contributed by atoms with Gasteiger partial charge in [0.05, 0.1) is 30.0 Å². The van der Waals surface area contributed by atoms with Crippen LogP contribution in [0.1, 0.15) is 11.1 Å². The molecule has 0 saturated carbocycles. The van der Waals surface area contributed by atoms with Gasteiger partial charge in [-0.05, 0) is 55.0 Å². The Hall–Kier alpha value is -3.57. The lowest BCUT2D eigenvalue weighted by molar-refractivity contribution is -0.113. The molecule has 0 aliphatic rings. The highest BCUT2D eigenvalue weighted by atomic mass is 32.2. The summed E-state index contributed by atoms with van der Waals surface area (Å²) in [6.07, 6.45) is 0. The predicted octanol–water partition coefficient (Wildman–Crippen LogP) is 3.80. The summed E-state index contributed by atoms with van der Waals surface area (Å²) >= 11 is 1.31. The topological polar surface area (TPSA) is 92.3 Å². The van der Waals surface area contributed by atoms with Crippen molar-refractivity contribution in [3.8, 4) is 11.8 Å². The second kappa shape index (κ2) is 7.81. The first-order chi connectivity index (χ1) is 14.1. The number of nitrogens with zero attached hydrogens (tertiary/aromatic N) is 4. The minimum atomic E-state index is -0.162. The maximum atomic E-state index is 12.3. The largest absolute Gasteiger partial charge is 0.497 e. The van der Waals surface area contributed by atoms with Crippen LogP contribution in [0.5, 0.6) is 5.75 Å². The molecule has 29 heavy (non-hydrogen) atoms. The second-order valence-electron chi connectivity index (χ2n) is 6.41. The molecule has 0 atom stereocenters. The van der Waals surface area contributed by atoms with E-state index >= 15 is 0 Å². The Kier molecular flexibility index (Phi) is 5.06. The summed E-state index contributed by atoms with van der Waals surface area (Å²) in [7, 11) is 1.63. The summed E-state index contributed by atoms with van der Waals surface area (Å²) in [5, 5.41) is 21.9. The third-order valence-electron chi connectivity index (χ3n) is 4.50. The summed E-state index contributed by atoms with van der Waals surface area (Å²) in [5.74, 6) is 0.762. The number of hydrogen-bond donors (Lipinski definition) is 1. The molecule has 0 aliphatic heterocycles. The molecule has 0 fully saturated rings. The fourth-order valence-electron chi connectivity index (χ4n) is 3.08. The lowest BCUT2D eigenvalue weighted by Gasteiger charge is -2.09. The summed E-state index contributed by atoms with van der Waals surface area (Å²) in [6.45, 7) is 2.03. The lowest BCUT2D eigenvalue weighted by atomic mass is 10.1. The van der Waals surface area contributed by atoms with Crippen molar-refractivity contribution in [3.05, 3.63) is 59.7 Å². The Morgan fingerprint density at radius 3 is 2.72 bits per heavy atom. The number of nitrogens with one attached hydrogen (secondary N) is 1. The van der Waals surface area contributed by atoms with Crippen molar-refractivity contribution in [1.82, 2.24) is 14.6 Å². The van der Waals surface area contributed by atoms with Crippen molar-refractivity contribution in [3.63, 3.8) is 0 Å². The predicted molar refractivity (Wildman–Crippen MR) is 112 cm³/mol. The summed E-state index contributed by atoms with van der Waals surface area (Å²) < 4.78 is 7.30. The van der Waals surface area contributed by atoms with Crippen LogP contribution in [0.2, 0.25) is 0 Å². The van der Waals surface area contributed by atoms with E-state index in [1.54, 1.807) is 31.4 Å². The van der Waals surface area contributed by atoms with Crippen molar-refractivity contribution >= 4 is 39.9 Å². The number of rotatable bonds is 5. The number of methoxy groups -OCH3 is 1. The maximum Gasteiger partial charge on any atom is 0.234 e. The molecule has 0 aliphatic carbocycles. The minimum Gasteiger partial charge on any atom is -0.497 e. The van der Waals surface area contributed by atoms with Crippen molar-refractivity contribution in [2.24, 2.45) is 0 Å². The molecule has 2 aromatic heterocycles. The van der Waals surface area contributed by atoms with Crippen LogP contribution in [0.3, 0.4) is 0 Å². The van der Waals surface area contributed by atoms with E-state index < -0.39 is 0 Å². The molecule has 0 radical (unpaired) electrons. The number of nitriles is 1. The normalized spacial score (nSPS) is 10.8. The molecular formula is C21H17N5O2S. The van der Waals surface area contributed by atoms with Crippen LogP contribution in [0.25, 0.3) is 16.6 Å². The van der Waals surface area contributed by atoms with Crippen molar-refractivity contribution in [2.75, 3.05) is 18.2 Å². The van der Waals surface area contributed by atoms with E-state index in [9.17, 15) is 4.79 Å². The number of ether oxygens (including phenoxy) is 1. The number of fused-ring (bicyclic) bond motifs is 3. The first-order valence-corrected chi connectivity index (χ1v) is 9.83. The van der Waals surface area contributed by atoms with Gasteiger partial charge in [-0.3, -0.25) is 9.20 Å². The van der Waals surface area contributed by atoms with Crippen LogP contribution in [0.15, 0.2) is 53.7 Å². The Labute approximate surface area is 171 Å². The van der Waals surface area contributed by atoms with Crippen LogP contribution in [0.4, 0.5) is 5.69 Å². The average Bonchev–Trinajstić information content (AvgIpc) is 3.15. The molecular weight excluding hydrogens is 386 g/mol. The van der Waals surface area contributed by atoms with Gasteiger partial charge in [0.15, 0.2) is 10.8 Å². The molecule has 144 valence electrons. The third-order valence-corrected chi connectivity index (χ3v) is 5.43. The van der Waals surface area contributed by atoms with E-state index in [-0.39, 0.29) is 11.7 Å². The van der Waals surface area contributed by atoms with Crippen LogP contribution >= 0.6 is 11.8 Å². The van der Waals surface area contributed by atoms with Gasteiger partial charge in [-0.1, -0.05) is 11.8 Å². The number of aromatic nitrogens is 3. The van der Waals surface area contributed by atoms with E-state index in [1.807, 2.05) is 35.6 Å². The fourth-order valence-corrected chi connectivity index (χ4v) is 3.83. The number of benzene rings is 2. The zero-order valence-corrected chi connectivity index (χ0v) is 16.7. The van der Waals surface area contributed by atoms with Gasteiger partial charge in [0.2, 0.25) is 5.91 Å². The number of aryl methyl sites for hydroxylation is 1. The molecule has 0 unspecified atom stereocenters. The quantitative estimate of drug-likeness (QED) is 0.510. The van der Waals surface area contributed by atoms with E-state index in [0.29, 0.717) is 16.4 Å². The highest BCUT2D eigenvalue weighted by Crippen LogP contribution is 2.28. The Bertz CT molecular complexity index is 1260. The zero-order chi connectivity index (χ0) is 20.4. The van der Waals surface area contributed by atoms with Gasteiger partial charge < -0.3 is 10.1 Å². The van der Waals surface area contributed by atoms with Gasteiger partial charge in [-0.2, -0.15) is 5.26 Å². The molecule has 7 nitrogen and oxygen atoms in total. The summed E-state index contributed by atoms with van der Waals surface area (Å²) in [5.41, 5.74) is 3.94. The smallest absolute Gasteiger partial charge is 0.234 e. The monoisotopic (exact) mass is 403 g/mol. The molecule has 4 aromatic rings. The summed E-state index contributed by atoms with van der Waals surface area (Å²) in [6, 6.07) is 16.6. The van der Waals surface area contributed by atoms with Gasteiger partial charge in [0.1, 0.15) is 5.75 Å². The molecule has 0 bridgehead atoms. The van der Waals surface area contributed by atoms with Crippen LogP contribution < -0.4 is 10.1 Å². The molecule has 0 spiro atoms. The van der Waals surface area contributed by atoms with Crippen molar-refractivity contribution in [1.29, 1.82) is 5.26 Å². The third kappa shape index (κ3) is 3.73. The zero-order valence-electron chi connectivity index (χ0n) is 15.8. The average molecular weight is 403 g/mol. The standard InChI is InChI=1S/C21H17N5O2S/c1-13-9-19-24-25-21(26(19)18-10-16(28-2)7-8-17(13)18)29-12-20(27)23-15-5-3-14(11-22)4-6-15/h3-10H,12H2,1-2H3,(H,23,27). The minimum absolute atomic E-state index is 0.162. The Morgan fingerprint density at radius 1 is 1.21 bits per heavy atom. The van der Waals surface area contributed by atoms with Crippen molar-refractivity contribution < 1.29 is 9.53 Å². The molecule has 8 heteroatoms. The Morgan fingerprint density at radius 2 is 2.00 bits per heavy atom. The van der Waals surface area contributed by atoms with Gasteiger partial charge in [-0.25, -0.2) is 0 Å². The van der Waals surface area contributed by atoms with Gasteiger partial charge in [-0.15, -0.1) is 10.2 Å². The number of hydrogen-bond acceptors (Lipinski definition) is 6. The molecule has 4 rings (SSSR count). The number of anilines is 1.